The summed E-state index contributed by atoms with van der Waals surface area (Å²) < 4.78 is 5.57. The Balaban J connectivity index is 2.28. The Kier molecular flexibility index (Phi) is 3.32. The number of halogens is 1. The lowest BCUT2D eigenvalue weighted by Gasteiger charge is -2.02. The molecule has 1 N–H and O–H groups in total. The van der Waals surface area contributed by atoms with Crippen LogP contribution >= 0.6 is 11.6 Å². The highest BCUT2D eigenvalue weighted by Gasteiger charge is 2.10. The summed E-state index contributed by atoms with van der Waals surface area (Å²) in [5.74, 6) is 1.35. The van der Waals surface area contributed by atoms with Crippen LogP contribution in [0.25, 0.3) is 11.3 Å². The van der Waals surface area contributed by atoms with Crippen molar-refractivity contribution >= 4 is 11.6 Å². The Hall–Kier alpha value is -1.25. The van der Waals surface area contributed by atoms with Crippen LogP contribution in [0.3, 0.4) is 0 Å². The second kappa shape index (κ2) is 4.73. The van der Waals surface area contributed by atoms with E-state index in [-0.39, 0.29) is 0 Å². The molecule has 0 spiro atoms. The summed E-state index contributed by atoms with van der Waals surface area (Å²) in [6.07, 6.45) is 0.120. The molecule has 16 heavy (non-hydrogen) atoms. The van der Waals surface area contributed by atoms with Crippen molar-refractivity contribution in [3.05, 3.63) is 47.2 Å². The molecular formula is C13H13ClO2. The molecule has 0 aliphatic rings. The van der Waals surface area contributed by atoms with Crippen LogP contribution in [0.1, 0.15) is 25.2 Å². The predicted octanol–water partition coefficient (Wildman–Crippen LogP) is 4.04. The lowest BCUT2D eigenvalue weighted by molar-refractivity contribution is 0.147. The maximum atomic E-state index is 9.62. The molecule has 0 fully saturated rings. The monoisotopic (exact) mass is 236 g/mol. The molecule has 1 heterocycles. The van der Waals surface area contributed by atoms with Gasteiger partial charge in [0.1, 0.15) is 17.6 Å². The number of hydrogen-bond donors (Lipinski definition) is 1. The molecular weight excluding hydrogens is 224 g/mol. The number of hydrogen-bond acceptors (Lipinski definition) is 2. The van der Waals surface area contributed by atoms with Crippen molar-refractivity contribution in [2.24, 2.45) is 0 Å². The Bertz CT molecular complexity index is 459. The zero-order valence-corrected chi connectivity index (χ0v) is 9.74. The molecule has 0 saturated heterocycles. The van der Waals surface area contributed by atoms with Gasteiger partial charge in [0.15, 0.2) is 0 Å². The Morgan fingerprint density at radius 3 is 2.50 bits per heavy atom. The van der Waals surface area contributed by atoms with Crippen molar-refractivity contribution in [2.45, 2.75) is 19.4 Å². The summed E-state index contributed by atoms with van der Waals surface area (Å²) in [4.78, 5) is 0. The summed E-state index contributed by atoms with van der Waals surface area (Å²) in [7, 11) is 0. The zero-order valence-electron chi connectivity index (χ0n) is 8.98. The van der Waals surface area contributed by atoms with Crippen LogP contribution < -0.4 is 0 Å². The van der Waals surface area contributed by atoms with Crippen molar-refractivity contribution in [1.29, 1.82) is 0 Å². The standard InChI is InChI=1S/C13H13ClO2/c1-2-11(15)13-8-7-12(16-13)9-3-5-10(14)6-4-9/h3-8,11,15H,2H2,1H3. The lowest BCUT2D eigenvalue weighted by Crippen LogP contribution is -1.91. The van der Waals surface area contributed by atoms with Crippen molar-refractivity contribution in [3.8, 4) is 11.3 Å². The first kappa shape index (κ1) is 11.2. The number of benzene rings is 1. The molecule has 0 bridgehead atoms. The van der Waals surface area contributed by atoms with Gasteiger partial charge in [0, 0.05) is 10.6 Å². The van der Waals surface area contributed by atoms with E-state index in [1.807, 2.05) is 37.3 Å². The molecule has 0 aliphatic heterocycles. The Labute approximate surface area is 99.5 Å². The molecule has 1 aromatic carbocycles. The Morgan fingerprint density at radius 2 is 1.88 bits per heavy atom. The van der Waals surface area contributed by atoms with Crippen molar-refractivity contribution < 1.29 is 9.52 Å². The van der Waals surface area contributed by atoms with Crippen LogP contribution in [-0.4, -0.2) is 5.11 Å². The Morgan fingerprint density at radius 1 is 1.19 bits per heavy atom. The fraction of sp³-hybridized carbons (Fsp3) is 0.231. The van der Waals surface area contributed by atoms with Gasteiger partial charge in [0.25, 0.3) is 0 Å². The van der Waals surface area contributed by atoms with Crippen LogP contribution in [0.5, 0.6) is 0 Å². The molecule has 2 aromatic rings. The molecule has 0 aliphatic carbocycles. The highest BCUT2D eigenvalue weighted by Crippen LogP contribution is 2.27. The normalized spacial score (nSPS) is 12.7. The van der Waals surface area contributed by atoms with Gasteiger partial charge < -0.3 is 9.52 Å². The van der Waals surface area contributed by atoms with E-state index in [2.05, 4.69) is 0 Å². The molecule has 1 unspecified atom stereocenters. The van der Waals surface area contributed by atoms with E-state index < -0.39 is 6.10 Å². The van der Waals surface area contributed by atoms with Crippen molar-refractivity contribution in [3.63, 3.8) is 0 Å². The molecule has 84 valence electrons. The summed E-state index contributed by atoms with van der Waals surface area (Å²) in [6, 6.07) is 11.1. The molecule has 0 radical (unpaired) electrons. The molecule has 2 nitrogen and oxygen atoms in total. The quantitative estimate of drug-likeness (QED) is 0.873. The molecule has 0 saturated carbocycles. The van der Waals surface area contributed by atoms with E-state index in [0.29, 0.717) is 17.2 Å². The van der Waals surface area contributed by atoms with Gasteiger partial charge in [-0.2, -0.15) is 0 Å². The van der Waals surface area contributed by atoms with E-state index in [1.54, 1.807) is 6.07 Å². The third kappa shape index (κ3) is 2.29. The van der Waals surface area contributed by atoms with Gasteiger partial charge in [-0.15, -0.1) is 0 Å². The first-order valence-electron chi connectivity index (χ1n) is 5.24. The van der Waals surface area contributed by atoms with Crippen molar-refractivity contribution in [1.82, 2.24) is 0 Å². The zero-order chi connectivity index (χ0) is 11.5. The molecule has 1 atom stereocenters. The minimum absolute atomic E-state index is 0.527. The highest BCUT2D eigenvalue weighted by molar-refractivity contribution is 6.30. The number of rotatable bonds is 3. The summed E-state index contributed by atoms with van der Waals surface area (Å²) >= 11 is 5.81. The van der Waals surface area contributed by atoms with Gasteiger partial charge in [0.05, 0.1) is 0 Å². The molecule has 3 heteroatoms. The fourth-order valence-electron chi connectivity index (χ4n) is 1.50. The van der Waals surface area contributed by atoms with Gasteiger partial charge in [0.2, 0.25) is 0 Å². The third-order valence-electron chi connectivity index (χ3n) is 2.47. The van der Waals surface area contributed by atoms with E-state index in [9.17, 15) is 5.11 Å². The summed E-state index contributed by atoms with van der Waals surface area (Å²) in [5.41, 5.74) is 0.957. The average molecular weight is 237 g/mol. The fourth-order valence-corrected chi connectivity index (χ4v) is 1.63. The van der Waals surface area contributed by atoms with Crippen LogP contribution in [0.2, 0.25) is 5.02 Å². The maximum Gasteiger partial charge on any atom is 0.134 e. The van der Waals surface area contributed by atoms with E-state index in [0.717, 1.165) is 11.3 Å². The molecule has 2 rings (SSSR count). The summed E-state index contributed by atoms with van der Waals surface area (Å²) in [6.45, 7) is 1.91. The van der Waals surface area contributed by atoms with Gasteiger partial charge in [-0.25, -0.2) is 0 Å². The SMILES string of the molecule is CCC(O)c1ccc(-c2ccc(Cl)cc2)o1. The van der Waals surface area contributed by atoms with Gasteiger partial charge >= 0.3 is 0 Å². The predicted molar refractivity (Wildman–Crippen MR) is 64.4 cm³/mol. The smallest absolute Gasteiger partial charge is 0.134 e. The van der Waals surface area contributed by atoms with Gasteiger partial charge in [-0.05, 0) is 42.8 Å². The topological polar surface area (TPSA) is 33.4 Å². The number of aliphatic hydroxyl groups is 1. The highest BCUT2D eigenvalue weighted by atomic mass is 35.5. The molecule has 0 amide bonds. The van der Waals surface area contributed by atoms with Gasteiger partial charge in [-0.3, -0.25) is 0 Å². The number of furan rings is 1. The van der Waals surface area contributed by atoms with Gasteiger partial charge in [-0.1, -0.05) is 18.5 Å². The van der Waals surface area contributed by atoms with E-state index in [4.69, 9.17) is 16.0 Å². The van der Waals surface area contributed by atoms with E-state index >= 15 is 0 Å². The van der Waals surface area contributed by atoms with Crippen LogP contribution in [-0.2, 0) is 0 Å². The van der Waals surface area contributed by atoms with Crippen LogP contribution in [0.4, 0.5) is 0 Å². The van der Waals surface area contributed by atoms with Crippen molar-refractivity contribution in [2.75, 3.05) is 0 Å². The first-order valence-corrected chi connectivity index (χ1v) is 5.62. The second-order valence-corrected chi connectivity index (χ2v) is 4.07. The largest absolute Gasteiger partial charge is 0.458 e. The minimum atomic E-state index is -0.527. The third-order valence-corrected chi connectivity index (χ3v) is 2.72. The van der Waals surface area contributed by atoms with Crippen LogP contribution in [0.15, 0.2) is 40.8 Å². The first-order chi connectivity index (χ1) is 7.70. The van der Waals surface area contributed by atoms with Crippen LogP contribution in [0, 0.1) is 0 Å². The minimum Gasteiger partial charge on any atom is -0.458 e. The maximum absolute atomic E-state index is 9.62. The lowest BCUT2D eigenvalue weighted by atomic mass is 10.2. The summed E-state index contributed by atoms with van der Waals surface area (Å²) in [5, 5.41) is 10.3. The van der Waals surface area contributed by atoms with E-state index in [1.165, 1.54) is 0 Å². The molecule has 1 aromatic heterocycles. The second-order valence-electron chi connectivity index (χ2n) is 3.63. The average Bonchev–Trinajstić information content (AvgIpc) is 2.78. The number of aliphatic hydroxyl groups excluding tert-OH is 1.